The minimum Gasteiger partial charge on any atom is -0.490 e. The van der Waals surface area contributed by atoms with Gasteiger partial charge in [-0.3, -0.25) is 0 Å². The zero-order chi connectivity index (χ0) is 14.7. The maximum absolute atomic E-state index is 13.6. The molecule has 0 aliphatic carbocycles. The van der Waals surface area contributed by atoms with Gasteiger partial charge in [-0.1, -0.05) is 0 Å². The number of nitrogens with zero attached hydrogens (tertiary/aromatic N) is 2. The van der Waals surface area contributed by atoms with Crippen molar-refractivity contribution in [3.63, 3.8) is 0 Å². The number of hydrogen-bond acceptors (Lipinski definition) is 5. The minimum atomic E-state index is -1.56. The molecule has 5 nitrogen and oxygen atoms in total. The van der Waals surface area contributed by atoms with Crippen LogP contribution in [0.15, 0.2) is 18.5 Å². The first kappa shape index (κ1) is 13.9. The maximum atomic E-state index is 13.6. The van der Waals surface area contributed by atoms with Crippen molar-refractivity contribution in [3.05, 3.63) is 35.9 Å². The Morgan fingerprint density at radius 1 is 1.05 bits per heavy atom. The summed E-state index contributed by atoms with van der Waals surface area (Å²) in [6.45, 7) is 0. The quantitative estimate of drug-likeness (QED) is 0.845. The van der Waals surface area contributed by atoms with E-state index in [-0.39, 0.29) is 17.3 Å². The summed E-state index contributed by atoms with van der Waals surface area (Å²) in [5, 5.41) is 5.30. The topological polar surface area (TPSA) is 59.1 Å². The van der Waals surface area contributed by atoms with Crippen molar-refractivity contribution in [3.8, 4) is 5.75 Å². The Morgan fingerprint density at radius 2 is 1.75 bits per heavy atom. The van der Waals surface area contributed by atoms with Gasteiger partial charge in [0.2, 0.25) is 5.75 Å². The fourth-order valence-corrected chi connectivity index (χ4v) is 1.58. The van der Waals surface area contributed by atoms with Crippen LogP contribution in [0.25, 0.3) is 0 Å². The molecule has 8 heteroatoms. The summed E-state index contributed by atoms with van der Waals surface area (Å²) in [6.07, 6.45) is 1.22. The van der Waals surface area contributed by atoms with Crippen molar-refractivity contribution in [2.24, 2.45) is 0 Å². The monoisotopic (exact) mass is 284 g/mol. The molecule has 2 rings (SSSR count). The molecule has 0 aliphatic rings. The summed E-state index contributed by atoms with van der Waals surface area (Å²) < 4.78 is 44.7. The van der Waals surface area contributed by atoms with Gasteiger partial charge >= 0.3 is 0 Å². The van der Waals surface area contributed by atoms with E-state index >= 15 is 0 Å². The first-order valence-electron chi connectivity index (χ1n) is 5.55. The van der Waals surface area contributed by atoms with Crippen LogP contribution in [0, 0.1) is 17.5 Å². The van der Waals surface area contributed by atoms with Gasteiger partial charge in [0, 0.05) is 7.05 Å². The number of anilines is 3. The van der Waals surface area contributed by atoms with Gasteiger partial charge in [-0.15, -0.1) is 0 Å². The summed E-state index contributed by atoms with van der Waals surface area (Å²) in [5.41, 5.74) is -0.261. The number of aromatic nitrogens is 2. The molecule has 0 bridgehead atoms. The lowest BCUT2D eigenvalue weighted by Crippen LogP contribution is -2.05. The lowest BCUT2D eigenvalue weighted by Gasteiger charge is -2.13. The second-order valence-corrected chi connectivity index (χ2v) is 3.70. The third-order valence-electron chi connectivity index (χ3n) is 2.53. The number of benzene rings is 1. The van der Waals surface area contributed by atoms with Gasteiger partial charge < -0.3 is 15.4 Å². The van der Waals surface area contributed by atoms with E-state index in [1.807, 2.05) is 0 Å². The Bertz CT molecular complexity index is 636. The molecule has 2 N–H and O–H groups in total. The molecular weight excluding hydrogens is 273 g/mol. The van der Waals surface area contributed by atoms with E-state index < -0.39 is 17.5 Å². The standard InChI is InChI=1S/C12H11F3N4O/c1-16-11-10(20-2)12(18-5-17-11)19-7-4-3-6(13)8(14)9(7)15/h3-5H,1-2H3,(H2,16,17,18,19). The van der Waals surface area contributed by atoms with Gasteiger partial charge in [0.1, 0.15) is 6.33 Å². The summed E-state index contributed by atoms with van der Waals surface area (Å²) >= 11 is 0. The largest absolute Gasteiger partial charge is 0.490 e. The van der Waals surface area contributed by atoms with E-state index in [1.54, 1.807) is 7.05 Å². The molecule has 0 spiro atoms. The average molecular weight is 284 g/mol. The normalized spacial score (nSPS) is 10.2. The SMILES string of the molecule is CNc1ncnc(Nc2ccc(F)c(F)c2F)c1OC. The lowest BCUT2D eigenvalue weighted by atomic mass is 10.2. The molecule has 0 amide bonds. The molecule has 1 heterocycles. The molecular formula is C12H11F3N4O. The van der Waals surface area contributed by atoms with Crippen molar-refractivity contribution in [2.45, 2.75) is 0 Å². The van der Waals surface area contributed by atoms with Gasteiger partial charge in [0.15, 0.2) is 29.1 Å². The minimum absolute atomic E-state index is 0.122. The molecule has 20 heavy (non-hydrogen) atoms. The molecule has 0 saturated carbocycles. The summed E-state index contributed by atoms with van der Waals surface area (Å²) in [4.78, 5) is 7.79. The molecule has 1 aromatic heterocycles. The predicted molar refractivity (Wildman–Crippen MR) is 67.7 cm³/mol. The van der Waals surface area contributed by atoms with Gasteiger partial charge in [-0.2, -0.15) is 0 Å². The highest BCUT2D eigenvalue weighted by Crippen LogP contribution is 2.32. The van der Waals surface area contributed by atoms with Crippen LogP contribution in [0.4, 0.5) is 30.5 Å². The zero-order valence-electron chi connectivity index (χ0n) is 10.7. The smallest absolute Gasteiger partial charge is 0.204 e. The Hall–Kier alpha value is -2.51. The Morgan fingerprint density at radius 3 is 2.40 bits per heavy atom. The van der Waals surface area contributed by atoms with E-state index in [0.29, 0.717) is 5.82 Å². The van der Waals surface area contributed by atoms with E-state index in [4.69, 9.17) is 4.74 Å². The zero-order valence-corrected chi connectivity index (χ0v) is 10.7. The van der Waals surface area contributed by atoms with Gasteiger partial charge in [-0.05, 0) is 12.1 Å². The number of ether oxygens (including phenoxy) is 1. The second kappa shape index (κ2) is 5.64. The van der Waals surface area contributed by atoms with Crippen molar-refractivity contribution >= 4 is 17.3 Å². The fraction of sp³-hybridized carbons (Fsp3) is 0.167. The molecule has 1 aromatic carbocycles. The molecule has 0 atom stereocenters. The maximum Gasteiger partial charge on any atom is 0.204 e. The van der Waals surface area contributed by atoms with Crippen molar-refractivity contribution in [1.29, 1.82) is 0 Å². The van der Waals surface area contributed by atoms with Crippen LogP contribution < -0.4 is 15.4 Å². The second-order valence-electron chi connectivity index (χ2n) is 3.70. The van der Waals surface area contributed by atoms with Crippen LogP contribution in [-0.4, -0.2) is 24.1 Å². The molecule has 0 aliphatic heterocycles. The summed E-state index contributed by atoms with van der Waals surface area (Å²) in [5.74, 6) is -3.45. The van der Waals surface area contributed by atoms with Crippen molar-refractivity contribution in [2.75, 3.05) is 24.8 Å². The fourth-order valence-electron chi connectivity index (χ4n) is 1.58. The highest BCUT2D eigenvalue weighted by Gasteiger charge is 2.17. The van der Waals surface area contributed by atoms with Gasteiger partial charge in [0.25, 0.3) is 0 Å². The number of rotatable bonds is 4. The third kappa shape index (κ3) is 2.44. The first-order valence-corrected chi connectivity index (χ1v) is 5.55. The average Bonchev–Trinajstić information content (AvgIpc) is 2.47. The lowest BCUT2D eigenvalue weighted by molar-refractivity contribution is 0.415. The molecule has 2 aromatic rings. The number of methoxy groups -OCH3 is 1. The Balaban J connectivity index is 2.43. The van der Waals surface area contributed by atoms with E-state index in [9.17, 15) is 13.2 Å². The Kier molecular flexibility index (Phi) is 3.92. The van der Waals surface area contributed by atoms with Gasteiger partial charge in [-0.25, -0.2) is 23.1 Å². The predicted octanol–water partition coefficient (Wildman–Crippen LogP) is 2.69. The van der Waals surface area contributed by atoms with Crippen molar-refractivity contribution in [1.82, 2.24) is 9.97 Å². The molecule has 106 valence electrons. The number of nitrogens with one attached hydrogen (secondary N) is 2. The molecule has 0 fully saturated rings. The van der Waals surface area contributed by atoms with E-state index in [0.717, 1.165) is 12.1 Å². The van der Waals surface area contributed by atoms with Crippen molar-refractivity contribution < 1.29 is 17.9 Å². The molecule has 0 unspecified atom stereocenters. The summed E-state index contributed by atoms with van der Waals surface area (Å²) in [6, 6.07) is 1.88. The first-order chi connectivity index (χ1) is 9.58. The molecule has 0 radical (unpaired) electrons. The summed E-state index contributed by atoms with van der Waals surface area (Å²) in [7, 11) is 3.00. The van der Waals surface area contributed by atoms with E-state index in [1.165, 1.54) is 13.4 Å². The third-order valence-corrected chi connectivity index (χ3v) is 2.53. The number of halogens is 3. The van der Waals surface area contributed by atoms with Crippen LogP contribution in [0.2, 0.25) is 0 Å². The van der Waals surface area contributed by atoms with Crippen LogP contribution >= 0.6 is 0 Å². The van der Waals surface area contributed by atoms with Crippen LogP contribution in [-0.2, 0) is 0 Å². The highest BCUT2D eigenvalue weighted by atomic mass is 19.2. The molecule has 0 saturated heterocycles. The van der Waals surface area contributed by atoms with E-state index in [2.05, 4.69) is 20.6 Å². The van der Waals surface area contributed by atoms with Crippen LogP contribution in [0.1, 0.15) is 0 Å². The van der Waals surface area contributed by atoms with Gasteiger partial charge in [0.05, 0.1) is 12.8 Å². The van der Waals surface area contributed by atoms with Crippen LogP contribution in [0.3, 0.4) is 0 Å². The Labute approximate surface area is 112 Å². The highest BCUT2D eigenvalue weighted by molar-refractivity contribution is 5.69. The van der Waals surface area contributed by atoms with Crippen LogP contribution in [0.5, 0.6) is 5.75 Å². The number of hydrogen-bond donors (Lipinski definition) is 2.